The van der Waals surface area contributed by atoms with Crippen molar-refractivity contribution in [2.45, 2.75) is 89.0 Å². The number of alkyl carbamates (subject to hydrolysis) is 1. The van der Waals surface area contributed by atoms with Gasteiger partial charge in [-0.05, 0) is 76.8 Å². The molecule has 1 N–H and O–H groups in total. The van der Waals surface area contributed by atoms with E-state index in [1.54, 1.807) is 0 Å². The van der Waals surface area contributed by atoms with Crippen LogP contribution in [0.5, 0.6) is 5.75 Å². The summed E-state index contributed by atoms with van der Waals surface area (Å²) in [5, 5.41) is 3.00. The molecule has 1 saturated carbocycles. The summed E-state index contributed by atoms with van der Waals surface area (Å²) in [7, 11) is 0. The average Bonchev–Trinajstić information content (AvgIpc) is 2.76. The summed E-state index contributed by atoms with van der Waals surface area (Å²) in [6.45, 7) is 6.57. The van der Waals surface area contributed by atoms with Gasteiger partial charge in [-0.15, -0.1) is 0 Å². The van der Waals surface area contributed by atoms with Crippen LogP contribution in [0.2, 0.25) is 0 Å². The lowest BCUT2D eigenvalue weighted by atomic mass is 9.82. The third-order valence-electron chi connectivity index (χ3n) is 6.69. The number of para-hydroxylation sites is 1. The van der Waals surface area contributed by atoms with Gasteiger partial charge in [0.25, 0.3) is 5.91 Å². The first-order valence-corrected chi connectivity index (χ1v) is 11.9. The highest BCUT2D eigenvalue weighted by Crippen LogP contribution is 2.38. The predicted octanol–water partition coefficient (Wildman–Crippen LogP) is 4.01. The first-order valence-electron chi connectivity index (χ1n) is 11.9. The summed E-state index contributed by atoms with van der Waals surface area (Å²) in [5.41, 5.74) is 0.618. The largest absolute Gasteiger partial charge is 0.483 e. The first kappa shape index (κ1) is 22.9. The van der Waals surface area contributed by atoms with Crippen molar-refractivity contribution in [2.75, 3.05) is 19.8 Å². The van der Waals surface area contributed by atoms with Gasteiger partial charge in [-0.2, -0.15) is 0 Å². The van der Waals surface area contributed by atoms with Crippen LogP contribution in [0.4, 0.5) is 4.79 Å². The monoisotopic (exact) mass is 444 g/mol. The second kappa shape index (κ2) is 9.69. The van der Waals surface area contributed by atoms with Crippen molar-refractivity contribution in [1.29, 1.82) is 0 Å². The molecule has 1 aromatic carbocycles. The summed E-state index contributed by atoms with van der Waals surface area (Å²) in [6, 6.07) is 7.64. The molecule has 2 unspecified atom stereocenters. The number of amides is 2. The number of benzene rings is 1. The molecule has 3 heterocycles. The molecule has 0 spiro atoms. The maximum absolute atomic E-state index is 13.2. The van der Waals surface area contributed by atoms with E-state index in [2.05, 4.69) is 11.4 Å². The van der Waals surface area contributed by atoms with E-state index >= 15 is 0 Å². The molecular weight excluding hydrogens is 408 g/mol. The van der Waals surface area contributed by atoms with Crippen LogP contribution in [0.25, 0.3) is 0 Å². The fraction of sp³-hybridized carbons (Fsp3) is 0.680. The molecule has 3 aliphatic heterocycles. The standard InChI is InChI=1S/C25H36N2O5/c1-25(2,3)32-24(29)26-20-8-6-14-27-21(20)15-30-18-12-10-17(11-13-18)19-7-4-5-9-22(19)31-16-23(27)28/h4-5,7,9,17-18,20-21H,6,8,10-16H2,1-3H3,(H,26,29)/t17-,18+,20?,21?. The Hall–Kier alpha value is -2.28. The first-order chi connectivity index (χ1) is 15.3. The molecule has 7 nitrogen and oxygen atoms in total. The maximum Gasteiger partial charge on any atom is 0.407 e. The van der Waals surface area contributed by atoms with Crippen molar-refractivity contribution in [1.82, 2.24) is 10.2 Å². The molecule has 1 saturated heterocycles. The molecule has 0 radical (unpaired) electrons. The van der Waals surface area contributed by atoms with Gasteiger partial charge in [-0.3, -0.25) is 4.79 Å². The van der Waals surface area contributed by atoms with Crippen LogP contribution in [0, 0.1) is 0 Å². The summed E-state index contributed by atoms with van der Waals surface area (Å²) < 4.78 is 17.9. The van der Waals surface area contributed by atoms with Crippen LogP contribution >= 0.6 is 0 Å². The molecule has 2 atom stereocenters. The number of carbonyl (C=O) groups excluding carboxylic acids is 2. The number of hydrogen-bond donors (Lipinski definition) is 1. The van der Waals surface area contributed by atoms with Gasteiger partial charge in [0.15, 0.2) is 6.61 Å². The maximum atomic E-state index is 13.2. The van der Waals surface area contributed by atoms with Crippen LogP contribution in [0.3, 0.4) is 0 Å². The minimum atomic E-state index is -0.574. The minimum absolute atomic E-state index is 0.0111. The van der Waals surface area contributed by atoms with Crippen LogP contribution < -0.4 is 10.1 Å². The number of piperidine rings is 1. The van der Waals surface area contributed by atoms with Gasteiger partial charge >= 0.3 is 6.09 Å². The lowest BCUT2D eigenvalue weighted by Crippen LogP contribution is -2.60. The number of ether oxygens (including phenoxy) is 3. The Balaban J connectivity index is 1.54. The molecule has 5 rings (SSSR count). The molecule has 2 bridgehead atoms. The number of fused-ring (bicyclic) bond motifs is 5. The molecule has 32 heavy (non-hydrogen) atoms. The molecule has 1 aromatic rings. The van der Waals surface area contributed by atoms with E-state index in [9.17, 15) is 9.59 Å². The SMILES string of the molecule is CC(C)(C)OC(=O)NC1CCCN2C(=O)COc3ccccc3[C@H]3CC[C@H](CC3)OCC12. The van der Waals surface area contributed by atoms with Crippen LogP contribution in [-0.4, -0.2) is 60.4 Å². The summed E-state index contributed by atoms with van der Waals surface area (Å²) in [5.74, 6) is 1.17. The minimum Gasteiger partial charge on any atom is -0.483 e. The Labute approximate surface area is 190 Å². The van der Waals surface area contributed by atoms with Crippen molar-refractivity contribution >= 4 is 12.0 Å². The normalized spacial score (nSPS) is 28.8. The topological polar surface area (TPSA) is 77.1 Å². The van der Waals surface area contributed by atoms with E-state index in [-0.39, 0.29) is 30.7 Å². The van der Waals surface area contributed by atoms with Gasteiger partial charge in [-0.25, -0.2) is 4.79 Å². The smallest absolute Gasteiger partial charge is 0.407 e. The number of carbonyl (C=O) groups is 2. The van der Waals surface area contributed by atoms with Crippen molar-refractivity contribution in [3.8, 4) is 5.75 Å². The van der Waals surface area contributed by atoms with Gasteiger partial charge < -0.3 is 24.4 Å². The van der Waals surface area contributed by atoms with E-state index in [1.807, 2.05) is 43.9 Å². The van der Waals surface area contributed by atoms with E-state index in [0.29, 0.717) is 19.1 Å². The Bertz CT molecular complexity index is 813. The average molecular weight is 445 g/mol. The van der Waals surface area contributed by atoms with Gasteiger partial charge in [0.05, 0.1) is 24.8 Å². The predicted molar refractivity (Wildman–Crippen MR) is 121 cm³/mol. The second-order valence-electron chi connectivity index (χ2n) is 10.2. The number of nitrogens with one attached hydrogen (secondary N) is 1. The molecular formula is C25H36N2O5. The fourth-order valence-electron chi connectivity index (χ4n) is 5.15. The Morgan fingerprint density at radius 3 is 2.62 bits per heavy atom. The summed E-state index contributed by atoms with van der Waals surface area (Å²) >= 11 is 0. The third-order valence-corrected chi connectivity index (χ3v) is 6.69. The van der Waals surface area contributed by atoms with Crippen LogP contribution in [0.1, 0.15) is 70.8 Å². The Morgan fingerprint density at radius 1 is 1.12 bits per heavy atom. The van der Waals surface area contributed by atoms with Crippen LogP contribution in [0.15, 0.2) is 24.3 Å². The van der Waals surface area contributed by atoms with Gasteiger partial charge in [-0.1, -0.05) is 18.2 Å². The highest BCUT2D eigenvalue weighted by Gasteiger charge is 2.38. The van der Waals surface area contributed by atoms with Crippen LogP contribution in [-0.2, 0) is 14.3 Å². The lowest BCUT2D eigenvalue weighted by Gasteiger charge is -2.42. The zero-order valence-corrected chi connectivity index (χ0v) is 19.5. The van der Waals surface area contributed by atoms with E-state index in [1.165, 1.54) is 5.56 Å². The van der Waals surface area contributed by atoms with E-state index in [0.717, 1.165) is 44.3 Å². The molecule has 2 fully saturated rings. The lowest BCUT2D eigenvalue weighted by molar-refractivity contribution is -0.140. The molecule has 4 aliphatic rings. The fourth-order valence-corrected chi connectivity index (χ4v) is 5.15. The zero-order valence-electron chi connectivity index (χ0n) is 19.5. The number of rotatable bonds is 1. The van der Waals surface area contributed by atoms with Gasteiger partial charge in [0, 0.05) is 6.54 Å². The van der Waals surface area contributed by atoms with Crippen molar-refractivity contribution in [2.24, 2.45) is 0 Å². The summed E-state index contributed by atoms with van der Waals surface area (Å²) in [4.78, 5) is 27.5. The molecule has 1 aliphatic carbocycles. The Morgan fingerprint density at radius 2 is 1.88 bits per heavy atom. The van der Waals surface area contributed by atoms with Crippen molar-refractivity contribution < 1.29 is 23.8 Å². The Kier molecular flexibility index (Phi) is 6.93. The van der Waals surface area contributed by atoms with Gasteiger partial charge in [0.2, 0.25) is 0 Å². The molecule has 176 valence electrons. The molecule has 7 heteroatoms. The zero-order chi connectivity index (χ0) is 22.7. The highest BCUT2D eigenvalue weighted by molar-refractivity contribution is 5.78. The number of nitrogens with zero attached hydrogens (tertiary/aromatic N) is 1. The highest BCUT2D eigenvalue weighted by atomic mass is 16.6. The van der Waals surface area contributed by atoms with Gasteiger partial charge in [0.1, 0.15) is 11.4 Å². The van der Waals surface area contributed by atoms with Crippen molar-refractivity contribution in [3.05, 3.63) is 29.8 Å². The third kappa shape index (κ3) is 5.55. The second-order valence-corrected chi connectivity index (χ2v) is 10.2. The van der Waals surface area contributed by atoms with E-state index in [4.69, 9.17) is 14.2 Å². The quantitative estimate of drug-likeness (QED) is 0.708. The van der Waals surface area contributed by atoms with E-state index < -0.39 is 11.7 Å². The molecule has 0 aromatic heterocycles. The number of hydrogen-bond acceptors (Lipinski definition) is 5. The molecule has 2 amide bonds. The van der Waals surface area contributed by atoms with Crippen molar-refractivity contribution in [3.63, 3.8) is 0 Å². The summed E-state index contributed by atoms with van der Waals surface area (Å²) in [6.07, 6.45) is 5.40.